The van der Waals surface area contributed by atoms with E-state index in [2.05, 4.69) is 0 Å². The number of aryl methyl sites for hydroxylation is 1. The lowest BCUT2D eigenvalue weighted by Crippen LogP contribution is -2.24. The fourth-order valence-electron chi connectivity index (χ4n) is 2.49. The molecule has 4 nitrogen and oxygen atoms in total. The molecule has 1 aromatic carbocycles. The molecule has 0 N–H and O–H groups in total. The lowest BCUT2D eigenvalue weighted by atomic mass is 9.88. The molecule has 1 aromatic rings. The van der Waals surface area contributed by atoms with Crippen molar-refractivity contribution in [1.82, 2.24) is 0 Å². The number of hydrogen-bond acceptors (Lipinski definition) is 4. The first-order valence-corrected chi connectivity index (χ1v) is 8.41. The average Bonchev–Trinajstić information content (AvgIpc) is 2.46. The second-order valence-electron chi connectivity index (χ2n) is 5.43. The first-order chi connectivity index (χ1) is 9.51. The van der Waals surface area contributed by atoms with E-state index in [9.17, 15) is 8.42 Å². The summed E-state index contributed by atoms with van der Waals surface area (Å²) < 4.78 is 34.6. The average molecular weight is 298 g/mol. The zero-order valence-corrected chi connectivity index (χ0v) is 12.9. The molecular formula is C15H22O4S. The maximum atomic E-state index is 12.1. The molecule has 5 heteroatoms. The molecule has 0 heterocycles. The fourth-order valence-corrected chi connectivity index (χ4v) is 3.47. The van der Waals surface area contributed by atoms with Crippen LogP contribution in [0.25, 0.3) is 0 Å². The Morgan fingerprint density at radius 3 is 2.25 bits per heavy atom. The van der Waals surface area contributed by atoms with Crippen LogP contribution in [0.2, 0.25) is 0 Å². The van der Waals surface area contributed by atoms with Gasteiger partial charge in [-0.05, 0) is 50.7 Å². The van der Waals surface area contributed by atoms with Crippen LogP contribution < -0.4 is 0 Å². The third-order valence-corrected chi connectivity index (χ3v) is 5.19. The van der Waals surface area contributed by atoms with Crippen LogP contribution >= 0.6 is 0 Å². The Morgan fingerprint density at radius 1 is 1.10 bits per heavy atom. The van der Waals surface area contributed by atoms with Gasteiger partial charge in [-0.15, -0.1) is 0 Å². The highest BCUT2D eigenvalue weighted by Crippen LogP contribution is 2.27. The minimum atomic E-state index is -3.63. The largest absolute Gasteiger partial charge is 0.381 e. The predicted octanol–water partition coefficient (Wildman–Crippen LogP) is 2.91. The van der Waals surface area contributed by atoms with Gasteiger partial charge in [-0.25, -0.2) is 0 Å². The van der Waals surface area contributed by atoms with Gasteiger partial charge in [0.05, 0.1) is 17.6 Å². The van der Waals surface area contributed by atoms with Crippen LogP contribution in [0, 0.1) is 12.8 Å². The minimum absolute atomic E-state index is 0.230. The Labute approximate surface area is 121 Å². The summed E-state index contributed by atoms with van der Waals surface area (Å²) in [5.41, 5.74) is 1.03. The minimum Gasteiger partial charge on any atom is -0.381 e. The van der Waals surface area contributed by atoms with Crippen LogP contribution in [0.4, 0.5) is 0 Å². The maximum Gasteiger partial charge on any atom is 0.296 e. The topological polar surface area (TPSA) is 52.6 Å². The molecule has 0 atom stereocenters. The Hall–Kier alpha value is -0.910. The quantitative estimate of drug-likeness (QED) is 0.784. The molecule has 0 unspecified atom stereocenters. The smallest absolute Gasteiger partial charge is 0.296 e. The van der Waals surface area contributed by atoms with Crippen LogP contribution in [0.3, 0.4) is 0 Å². The number of methoxy groups -OCH3 is 1. The number of rotatable bonds is 5. The Kier molecular flexibility index (Phi) is 5.18. The first-order valence-electron chi connectivity index (χ1n) is 7.00. The molecule has 1 fully saturated rings. The molecule has 1 saturated carbocycles. The van der Waals surface area contributed by atoms with Gasteiger partial charge in [0.15, 0.2) is 0 Å². The van der Waals surface area contributed by atoms with Crippen molar-refractivity contribution in [2.45, 2.75) is 43.6 Å². The van der Waals surface area contributed by atoms with Crippen molar-refractivity contribution >= 4 is 10.1 Å². The van der Waals surface area contributed by atoms with Gasteiger partial charge in [-0.2, -0.15) is 8.42 Å². The Bertz CT molecular complexity index is 513. The summed E-state index contributed by atoms with van der Waals surface area (Å²) in [6, 6.07) is 6.74. The number of benzene rings is 1. The molecule has 0 spiro atoms. The van der Waals surface area contributed by atoms with Gasteiger partial charge < -0.3 is 4.74 Å². The van der Waals surface area contributed by atoms with Crippen molar-refractivity contribution in [2.24, 2.45) is 5.92 Å². The third kappa shape index (κ3) is 4.04. The molecule has 0 bridgehead atoms. The van der Waals surface area contributed by atoms with Gasteiger partial charge in [-0.3, -0.25) is 4.18 Å². The summed E-state index contributed by atoms with van der Waals surface area (Å²) in [5, 5.41) is 0. The van der Waals surface area contributed by atoms with Crippen molar-refractivity contribution in [3.8, 4) is 0 Å². The SMILES string of the molecule is CO[C@H]1CC[C@H](COS(=O)(=O)c2ccc(C)cc2)CC1. The van der Waals surface area contributed by atoms with Crippen LogP contribution in [0.5, 0.6) is 0 Å². The van der Waals surface area contributed by atoms with E-state index < -0.39 is 10.1 Å². The molecule has 0 aromatic heterocycles. The summed E-state index contributed by atoms with van der Waals surface area (Å²) in [5.74, 6) is 0.307. The second kappa shape index (κ2) is 6.70. The van der Waals surface area contributed by atoms with Gasteiger partial charge in [0.25, 0.3) is 10.1 Å². The van der Waals surface area contributed by atoms with E-state index >= 15 is 0 Å². The highest BCUT2D eigenvalue weighted by Gasteiger charge is 2.23. The number of ether oxygens (including phenoxy) is 1. The molecule has 0 aliphatic heterocycles. The monoisotopic (exact) mass is 298 g/mol. The van der Waals surface area contributed by atoms with Gasteiger partial charge in [0, 0.05) is 7.11 Å². The highest BCUT2D eigenvalue weighted by molar-refractivity contribution is 7.86. The Balaban J connectivity index is 1.88. The summed E-state index contributed by atoms with van der Waals surface area (Å²) >= 11 is 0. The van der Waals surface area contributed by atoms with E-state index in [1.54, 1.807) is 31.4 Å². The third-order valence-electron chi connectivity index (χ3n) is 3.90. The summed E-state index contributed by atoms with van der Waals surface area (Å²) in [6.07, 6.45) is 4.20. The van der Waals surface area contributed by atoms with E-state index in [4.69, 9.17) is 8.92 Å². The van der Waals surface area contributed by atoms with E-state index in [0.29, 0.717) is 12.0 Å². The van der Waals surface area contributed by atoms with Crippen LogP contribution in [0.1, 0.15) is 31.2 Å². The van der Waals surface area contributed by atoms with Gasteiger partial charge >= 0.3 is 0 Å². The Morgan fingerprint density at radius 2 is 1.70 bits per heavy atom. The molecule has 20 heavy (non-hydrogen) atoms. The van der Waals surface area contributed by atoms with Crippen molar-refractivity contribution in [2.75, 3.05) is 13.7 Å². The van der Waals surface area contributed by atoms with Crippen molar-refractivity contribution in [1.29, 1.82) is 0 Å². The molecular weight excluding hydrogens is 276 g/mol. The van der Waals surface area contributed by atoms with Gasteiger partial charge in [-0.1, -0.05) is 17.7 Å². The fraction of sp³-hybridized carbons (Fsp3) is 0.600. The molecule has 1 aliphatic rings. The number of hydrogen-bond donors (Lipinski definition) is 0. The summed E-state index contributed by atoms with van der Waals surface area (Å²) in [7, 11) is -1.90. The van der Waals surface area contributed by atoms with E-state index in [1.807, 2.05) is 6.92 Å². The van der Waals surface area contributed by atoms with Crippen LogP contribution in [-0.4, -0.2) is 28.2 Å². The predicted molar refractivity (Wildman–Crippen MR) is 77.1 cm³/mol. The van der Waals surface area contributed by atoms with Gasteiger partial charge in [0.2, 0.25) is 0 Å². The lowest BCUT2D eigenvalue weighted by Gasteiger charge is -2.27. The van der Waals surface area contributed by atoms with E-state index in [-0.39, 0.29) is 11.5 Å². The van der Waals surface area contributed by atoms with Gasteiger partial charge in [0.1, 0.15) is 0 Å². The van der Waals surface area contributed by atoms with E-state index in [1.165, 1.54) is 0 Å². The van der Waals surface area contributed by atoms with E-state index in [0.717, 1.165) is 31.2 Å². The highest BCUT2D eigenvalue weighted by atomic mass is 32.2. The zero-order valence-electron chi connectivity index (χ0n) is 12.0. The van der Waals surface area contributed by atoms with Crippen LogP contribution in [0.15, 0.2) is 29.2 Å². The summed E-state index contributed by atoms with van der Waals surface area (Å²) in [4.78, 5) is 0.230. The standard InChI is InChI=1S/C15H22O4S/c1-12-3-9-15(10-4-12)20(16,17)19-11-13-5-7-14(18-2)8-6-13/h3-4,9-10,13-14H,5-8,11H2,1-2H3/t13-,14-. The molecule has 0 amide bonds. The van der Waals surface area contributed by atoms with Crippen molar-refractivity contribution in [3.05, 3.63) is 29.8 Å². The molecule has 112 valence electrons. The maximum absolute atomic E-state index is 12.1. The van der Waals surface area contributed by atoms with Crippen molar-refractivity contribution in [3.63, 3.8) is 0 Å². The zero-order chi connectivity index (χ0) is 14.6. The van der Waals surface area contributed by atoms with Crippen LogP contribution in [-0.2, 0) is 19.0 Å². The molecule has 0 radical (unpaired) electrons. The second-order valence-corrected chi connectivity index (χ2v) is 7.05. The normalized spacial score (nSPS) is 23.7. The summed E-state index contributed by atoms with van der Waals surface area (Å²) in [6.45, 7) is 2.19. The first kappa shape index (κ1) is 15.5. The molecule has 1 aliphatic carbocycles. The molecule has 0 saturated heterocycles. The lowest BCUT2D eigenvalue weighted by molar-refractivity contribution is 0.0488. The molecule has 2 rings (SSSR count). The van der Waals surface area contributed by atoms with Crippen molar-refractivity contribution < 1.29 is 17.3 Å².